The smallest absolute Gasteiger partial charge is 0.297 e. The summed E-state index contributed by atoms with van der Waals surface area (Å²) >= 11 is 0. The molecule has 12 heteroatoms. The summed E-state index contributed by atoms with van der Waals surface area (Å²) < 4.78 is 59.5. The van der Waals surface area contributed by atoms with E-state index in [-0.39, 0.29) is 31.3 Å². The normalized spacial score (nSPS) is 11.3. The third kappa shape index (κ3) is 22.0. The van der Waals surface area contributed by atoms with Crippen LogP contribution >= 0.6 is 0 Å². The molecule has 212 valence electrons. The SMILES string of the molecule is CCCOCCOCCOCCOS(=O)(=O)c1ccc(C)cc1.OCCOCCOCCOCCO. The van der Waals surface area contributed by atoms with Gasteiger partial charge in [-0.3, -0.25) is 4.18 Å². The summed E-state index contributed by atoms with van der Waals surface area (Å²) in [5, 5.41) is 16.7. The maximum Gasteiger partial charge on any atom is 0.297 e. The van der Waals surface area contributed by atoms with Gasteiger partial charge >= 0.3 is 0 Å². The van der Waals surface area contributed by atoms with Gasteiger partial charge < -0.3 is 38.6 Å². The molecule has 1 aromatic carbocycles. The first-order valence-corrected chi connectivity index (χ1v) is 13.5. The fourth-order valence-electron chi connectivity index (χ4n) is 2.33. The van der Waals surface area contributed by atoms with Crippen LogP contribution in [0, 0.1) is 6.92 Å². The van der Waals surface area contributed by atoms with Gasteiger partial charge in [-0.15, -0.1) is 0 Å². The lowest BCUT2D eigenvalue weighted by Crippen LogP contribution is -2.14. The molecule has 0 heterocycles. The molecule has 0 aliphatic heterocycles. The van der Waals surface area contributed by atoms with Crippen LogP contribution in [-0.4, -0.2) is 118 Å². The largest absolute Gasteiger partial charge is 0.394 e. The minimum absolute atomic E-state index is 0.0180. The lowest BCUT2D eigenvalue weighted by molar-refractivity contribution is 0.00230. The van der Waals surface area contributed by atoms with Gasteiger partial charge in [0.25, 0.3) is 10.1 Å². The standard InChI is InChI=1S/C16H26O6S.C8H18O5/c1-3-8-19-9-10-20-11-12-21-13-14-22-23(17,18)16-6-4-15(2)5-7-16;9-1-3-11-5-7-13-8-6-12-4-2-10/h4-7H,3,8-14H2,1-2H3;9-10H,1-8H2. The number of aliphatic hydroxyl groups excluding tert-OH is 2. The highest BCUT2D eigenvalue weighted by Gasteiger charge is 2.14. The number of hydrogen-bond donors (Lipinski definition) is 2. The average molecular weight is 541 g/mol. The van der Waals surface area contributed by atoms with E-state index >= 15 is 0 Å². The van der Waals surface area contributed by atoms with Crippen molar-refractivity contribution in [2.24, 2.45) is 0 Å². The van der Waals surface area contributed by atoms with Crippen molar-refractivity contribution in [2.45, 2.75) is 25.2 Å². The number of hydrogen-bond acceptors (Lipinski definition) is 11. The first-order chi connectivity index (χ1) is 17.5. The van der Waals surface area contributed by atoms with Crippen molar-refractivity contribution in [1.82, 2.24) is 0 Å². The second kappa shape index (κ2) is 25.5. The van der Waals surface area contributed by atoms with Crippen molar-refractivity contribution in [3.63, 3.8) is 0 Å². The molecule has 0 aliphatic rings. The first-order valence-electron chi connectivity index (χ1n) is 12.1. The third-order valence-corrected chi connectivity index (χ3v) is 5.41. The molecule has 0 saturated carbocycles. The summed E-state index contributed by atoms with van der Waals surface area (Å²) in [6.07, 6.45) is 0.995. The van der Waals surface area contributed by atoms with E-state index in [4.69, 9.17) is 42.8 Å². The average Bonchev–Trinajstić information content (AvgIpc) is 2.87. The fourth-order valence-corrected chi connectivity index (χ4v) is 3.23. The zero-order valence-corrected chi connectivity index (χ0v) is 22.4. The highest BCUT2D eigenvalue weighted by Crippen LogP contribution is 2.12. The highest BCUT2D eigenvalue weighted by molar-refractivity contribution is 7.86. The van der Waals surface area contributed by atoms with Crippen LogP contribution in [0.2, 0.25) is 0 Å². The summed E-state index contributed by atoms with van der Waals surface area (Å²) in [6.45, 7) is 9.57. The van der Waals surface area contributed by atoms with Gasteiger partial charge in [-0.05, 0) is 25.5 Å². The highest BCUT2D eigenvalue weighted by atomic mass is 32.2. The molecular weight excluding hydrogens is 496 g/mol. The van der Waals surface area contributed by atoms with Crippen molar-refractivity contribution < 1.29 is 51.2 Å². The second-order valence-electron chi connectivity index (χ2n) is 7.21. The van der Waals surface area contributed by atoms with E-state index in [1.54, 1.807) is 12.1 Å². The topological polar surface area (TPSA) is 139 Å². The summed E-state index contributed by atoms with van der Waals surface area (Å²) in [4.78, 5) is 0.151. The number of ether oxygens (including phenoxy) is 6. The van der Waals surface area contributed by atoms with Crippen LogP contribution < -0.4 is 0 Å². The Hall–Kier alpha value is -1.19. The molecule has 1 rings (SSSR count). The number of aryl methyl sites for hydroxylation is 1. The molecule has 0 amide bonds. The van der Waals surface area contributed by atoms with Crippen molar-refractivity contribution in [2.75, 3.05) is 99.1 Å². The van der Waals surface area contributed by atoms with Crippen LogP contribution in [0.15, 0.2) is 29.2 Å². The van der Waals surface area contributed by atoms with Gasteiger partial charge in [-0.2, -0.15) is 8.42 Å². The van der Waals surface area contributed by atoms with Gasteiger partial charge in [0.2, 0.25) is 0 Å². The minimum Gasteiger partial charge on any atom is -0.394 e. The summed E-state index contributed by atoms with van der Waals surface area (Å²) in [7, 11) is -3.72. The molecule has 0 aliphatic carbocycles. The molecule has 0 saturated heterocycles. The van der Waals surface area contributed by atoms with E-state index < -0.39 is 10.1 Å². The summed E-state index contributed by atoms with van der Waals surface area (Å²) in [5.74, 6) is 0. The zero-order chi connectivity index (χ0) is 26.7. The van der Waals surface area contributed by atoms with Crippen LogP contribution in [-0.2, 0) is 42.7 Å². The van der Waals surface area contributed by atoms with E-state index in [2.05, 4.69) is 6.92 Å². The molecule has 0 unspecified atom stereocenters. The quantitative estimate of drug-likeness (QED) is 0.153. The summed E-state index contributed by atoms with van der Waals surface area (Å²) in [6, 6.07) is 6.52. The Balaban J connectivity index is 0.000000802. The lowest BCUT2D eigenvalue weighted by atomic mass is 10.2. The van der Waals surface area contributed by atoms with Crippen LogP contribution in [0.4, 0.5) is 0 Å². The maximum absolute atomic E-state index is 11.9. The molecule has 0 fully saturated rings. The molecule has 36 heavy (non-hydrogen) atoms. The van der Waals surface area contributed by atoms with E-state index in [1.165, 1.54) is 12.1 Å². The molecule has 0 radical (unpaired) electrons. The molecular formula is C24H44O11S. The summed E-state index contributed by atoms with van der Waals surface area (Å²) in [5.41, 5.74) is 0.993. The second-order valence-corrected chi connectivity index (χ2v) is 8.83. The third-order valence-electron chi connectivity index (χ3n) is 4.08. The van der Waals surface area contributed by atoms with Crippen LogP contribution in [0.1, 0.15) is 18.9 Å². The minimum atomic E-state index is -3.72. The Labute approximate surface area is 215 Å². The van der Waals surface area contributed by atoms with Crippen LogP contribution in [0.5, 0.6) is 0 Å². The Kier molecular flexibility index (Phi) is 24.6. The number of benzene rings is 1. The van der Waals surface area contributed by atoms with E-state index in [9.17, 15) is 8.42 Å². The van der Waals surface area contributed by atoms with E-state index in [0.29, 0.717) is 66.1 Å². The van der Waals surface area contributed by atoms with Gasteiger partial charge in [-0.25, -0.2) is 0 Å². The first kappa shape index (κ1) is 34.8. The molecule has 0 atom stereocenters. The van der Waals surface area contributed by atoms with Gasteiger partial charge in [0.15, 0.2) is 0 Å². The lowest BCUT2D eigenvalue weighted by Gasteiger charge is -2.08. The molecule has 0 bridgehead atoms. The monoisotopic (exact) mass is 540 g/mol. The Morgan fingerprint density at radius 1 is 0.583 bits per heavy atom. The molecule has 2 N–H and O–H groups in total. The predicted octanol–water partition coefficient (Wildman–Crippen LogP) is 1.18. The molecule has 1 aromatic rings. The zero-order valence-electron chi connectivity index (χ0n) is 21.6. The van der Waals surface area contributed by atoms with E-state index in [1.807, 2.05) is 6.92 Å². The van der Waals surface area contributed by atoms with Gasteiger partial charge in [0.1, 0.15) is 0 Å². The van der Waals surface area contributed by atoms with Crippen molar-refractivity contribution in [3.8, 4) is 0 Å². The maximum atomic E-state index is 11.9. The fraction of sp³-hybridized carbons (Fsp3) is 0.750. The van der Waals surface area contributed by atoms with Crippen LogP contribution in [0.25, 0.3) is 0 Å². The Morgan fingerprint density at radius 2 is 0.944 bits per heavy atom. The predicted molar refractivity (Wildman–Crippen MR) is 134 cm³/mol. The molecule has 11 nitrogen and oxygen atoms in total. The molecule has 0 aromatic heterocycles. The van der Waals surface area contributed by atoms with Crippen molar-refractivity contribution in [3.05, 3.63) is 29.8 Å². The molecule has 0 spiro atoms. The van der Waals surface area contributed by atoms with Crippen LogP contribution in [0.3, 0.4) is 0 Å². The van der Waals surface area contributed by atoms with Gasteiger partial charge in [0, 0.05) is 6.61 Å². The number of aliphatic hydroxyl groups is 2. The Bertz CT molecular complexity index is 674. The number of rotatable bonds is 23. The Morgan fingerprint density at radius 3 is 1.33 bits per heavy atom. The van der Waals surface area contributed by atoms with Crippen molar-refractivity contribution in [1.29, 1.82) is 0 Å². The van der Waals surface area contributed by atoms with Crippen molar-refractivity contribution >= 4 is 10.1 Å². The van der Waals surface area contributed by atoms with Gasteiger partial charge in [-0.1, -0.05) is 24.6 Å². The van der Waals surface area contributed by atoms with E-state index in [0.717, 1.165) is 18.6 Å². The van der Waals surface area contributed by atoms with Gasteiger partial charge in [0.05, 0.1) is 97.4 Å².